The molecule has 10 heteroatoms. The van der Waals surface area contributed by atoms with Gasteiger partial charge in [0.15, 0.2) is 6.10 Å². The Labute approximate surface area is 617 Å². The lowest BCUT2D eigenvalue weighted by Crippen LogP contribution is -2.37. The van der Waals surface area contributed by atoms with E-state index in [1.165, 1.54) is 180 Å². The van der Waals surface area contributed by atoms with Crippen molar-refractivity contribution < 1.29 is 42.1 Å². The first-order valence-electron chi connectivity index (χ1n) is 41.2. The van der Waals surface area contributed by atoms with E-state index in [0.717, 1.165) is 135 Å². The molecule has 2 unspecified atom stereocenters. The third-order valence-electron chi connectivity index (χ3n) is 17.5. The number of hydrogen-bond acceptors (Lipinski definition) is 8. The number of ether oxygens (including phenoxy) is 2. The fraction of sp³-hybridized carbons (Fsp3) is 0.689. The van der Waals surface area contributed by atoms with Crippen LogP contribution in [0.15, 0.2) is 158 Å². The van der Waals surface area contributed by atoms with Crippen LogP contribution >= 0.6 is 7.82 Å². The van der Waals surface area contributed by atoms with E-state index in [-0.39, 0.29) is 32.0 Å². The molecule has 0 aromatic heterocycles. The summed E-state index contributed by atoms with van der Waals surface area (Å²) in [5.74, 6) is -0.847. The van der Waals surface area contributed by atoms with Crippen LogP contribution in [0.25, 0.3) is 0 Å². The molecular weight excluding hydrogens is 1250 g/mol. The number of phosphoric ester groups is 1. The largest absolute Gasteiger partial charge is 0.756 e. The van der Waals surface area contributed by atoms with Gasteiger partial charge in [-0.15, -0.1) is 0 Å². The van der Waals surface area contributed by atoms with Crippen molar-refractivity contribution in [1.29, 1.82) is 0 Å². The van der Waals surface area contributed by atoms with Gasteiger partial charge in [-0.2, -0.15) is 0 Å². The van der Waals surface area contributed by atoms with Crippen molar-refractivity contribution in [2.75, 3.05) is 47.5 Å². The van der Waals surface area contributed by atoms with Gasteiger partial charge in [0.1, 0.15) is 19.8 Å². The van der Waals surface area contributed by atoms with Crippen LogP contribution in [-0.4, -0.2) is 70.0 Å². The highest BCUT2D eigenvalue weighted by Crippen LogP contribution is 2.38. The Hall–Kier alpha value is -4.37. The highest BCUT2D eigenvalue weighted by Gasteiger charge is 2.22. The summed E-state index contributed by atoms with van der Waals surface area (Å²) in [6.45, 7) is 4.12. The summed E-state index contributed by atoms with van der Waals surface area (Å²) in [4.78, 5) is 38.2. The standard InChI is InChI=1S/C90H154NO8P/c1-6-8-10-12-14-16-18-20-22-24-26-28-30-32-34-36-38-40-42-44-45-47-48-50-52-54-56-58-60-62-64-66-68-70-72-74-76-78-80-82-89(92)96-86-88(87-98-100(94,95)97-85-84-91(3,4)5)99-90(93)83-81-79-77-75-73-71-69-67-65-63-61-59-57-55-53-51-49-46-43-41-39-37-35-33-31-29-27-25-23-21-19-17-15-13-11-9-7-2/h9,11,15,17-18,20-21,23-24,26-27,29-30,32-33,35,39,41,46,49,53,55,59,61,65,67,88H,6-8,10,12-14,16,19,22,25,28,31,34,36-38,40,42-45,47-48,50-52,54,56-58,60,62-64,66,68-87H2,1-5H3/b11-9-,17-15-,20-18-,23-21-,26-24-,29-27-,32-30-,35-33-,41-39-,49-46-,55-53-,61-59-,67-65-. The molecule has 0 saturated carbocycles. The monoisotopic (exact) mass is 1410 g/mol. The van der Waals surface area contributed by atoms with Gasteiger partial charge in [-0.25, -0.2) is 0 Å². The third-order valence-corrected chi connectivity index (χ3v) is 18.5. The van der Waals surface area contributed by atoms with Crippen molar-refractivity contribution in [3.05, 3.63) is 158 Å². The predicted molar refractivity (Wildman–Crippen MR) is 434 cm³/mol. The van der Waals surface area contributed by atoms with Crippen LogP contribution in [-0.2, 0) is 32.7 Å². The van der Waals surface area contributed by atoms with Crippen LogP contribution < -0.4 is 4.89 Å². The van der Waals surface area contributed by atoms with E-state index < -0.39 is 26.5 Å². The topological polar surface area (TPSA) is 111 Å². The Morgan fingerprint density at radius 1 is 0.320 bits per heavy atom. The SMILES string of the molecule is CC/C=C\C/C=C\C/C=C\C/C=C\C/C=C\C/C=C\C/C=C\C/C=C\C/C=C\C/C=C\CCCCCCCCC(=O)OC(COC(=O)CCCCCCCCCCCCCCCCCCCCCCCCCC/C=C\C/C=C\C/C=C\CCCCCCC)COP(=O)([O-])OCC[N+](C)(C)C. The Morgan fingerprint density at radius 2 is 0.570 bits per heavy atom. The molecule has 100 heavy (non-hydrogen) atoms. The van der Waals surface area contributed by atoms with Crippen molar-refractivity contribution >= 4 is 19.8 Å². The number of likely N-dealkylation sites (N-methyl/N-ethyl adjacent to an activating group) is 1. The van der Waals surface area contributed by atoms with Gasteiger partial charge in [0.05, 0.1) is 27.7 Å². The lowest BCUT2D eigenvalue weighted by molar-refractivity contribution is -0.870. The summed E-state index contributed by atoms with van der Waals surface area (Å²) in [5.41, 5.74) is 0. The molecule has 0 heterocycles. The average Bonchev–Trinajstić information content (AvgIpc) is 1.02. The minimum absolute atomic E-state index is 0.0400. The second kappa shape index (κ2) is 78.8. The summed E-state index contributed by atoms with van der Waals surface area (Å²) in [7, 11) is 1.15. The van der Waals surface area contributed by atoms with E-state index in [4.69, 9.17) is 18.5 Å². The van der Waals surface area contributed by atoms with E-state index in [1.54, 1.807) is 0 Å². The number of esters is 2. The zero-order chi connectivity index (χ0) is 72.5. The Morgan fingerprint density at radius 3 is 0.850 bits per heavy atom. The number of rotatable bonds is 75. The van der Waals surface area contributed by atoms with Crippen molar-refractivity contribution in [1.82, 2.24) is 0 Å². The Bertz CT molecular complexity index is 2250. The molecule has 0 amide bonds. The normalized spacial score (nSPS) is 13.9. The number of unbranched alkanes of at least 4 members (excludes halogenated alkanes) is 35. The smallest absolute Gasteiger partial charge is 0.306 e. The van der Waals surface area contributed by atoms with E-state index in [1.807, 2.05) is 21.1 Å². The fourth-order valence-corrected chi connectivity index (χ4v) is 12.0. The van der Waals surface area contributed by atoms with Crippen molar-refractivity contribution in [3.8, 4) is 0 Å². The average molecular weight is 1410 g/mol. The van der Waals surface area contributed by atoms with Crippen LogP contribution in [0.1, 0.15) is 348 Å². The zero-order valence-corrected chi connectivity index (χ0v) is 66.2. The summed E-state index contributed by atoms with van der Waals surface area (Å²) in [6, 6.07) is 0. The van der Waals surface area contributed by atoms with Gasteiger partial charge in [0, 0.05) is 12.8 Å². The molecule has 0 radical (unpaired) electrons. The maximum atomic E-state index is 12.9. The lowest BCUT2D eigenvalue weighted by Gasteiger charge is -2.28. The van der Waals surface area contributed by atoms with Crippen LogP contribution in [0.3, 0.4) is 0 Å². The Balaban J connectivity index is 4.02. The van der Waals surface area contributed by atoms with Gasteiger partial charge in [0.25, 0.3) is 7.82 Å². The number of nitrogens with zero attached hydrogens (tertiary/aromatic N) is 1. The fourth-order valence-electron chi connectivity index (χ4n) is 11.3. The molecule has 0 aliphatic rings. The first-order chi connectivity index (χ1) is 49.0. The summed E-state index contributed by atoms with van der Waals surface area (Å²) >= 11 is 0. The second-order valence-corrected chi connectivity index (χ2v) is 29.8. The minimum Gasteiger partial charge on any atom is -0.756 e. The molecule has 0 saturated heterocycles. The molecule has 0 rings (SSSR count). The first-order valence-corrected chi connectivity index (χ1v) is 42.7. The molecule has 0 fully saturated rings. The van der Waals surface area contributed by atoms with Crippen LogP contribution in [0, 0.1) is 0 Å². The number of carbonyl (C=O) groups is 2. The minimum atomic E-state index is -4.66. The van der Waals surface area contributed by atoms with Gasteiger partial charge in [-0.3, -0.25) is 14.2 Å². The van der Waals surface area contributed by atoms with Gasteiger partial charge in [-0.05, 0) is 128 Å². The first kappa shape index (κ1) is 95.6. The Kier molecular flexibility index (Phi) is 75.3. The quantitative estimate of drug-likeness (QED) is 0.0195. The van der Waals surface area contributed by atoms with E-state index in [2.05, 4.69) is 172 Å². The van der Waals surface area contributed by atoms with E-state index in [9.17, 15) is 19.0 Å². The third kappa shape index (κ3) is 82.6. The van der Waals surface area contributed by atoms with Crippen molar-refractivity contribution in [2.24, 2.45) is 0 Å². The predicted octanol–water partition coefficient (Wildman–Crippen LogP) is 27.2. The summed E-state index contributed by atoms with van der Waals surface area (Å²) in [6.07, 6.45) is 118. The maximum Gasteiger partial charge on any atom is 0.306 e. The number of quaternary nitrogens is 1. The summed E-state index contributed by atoms with van der Waals surface area (Å²) in [5, 5.41) is 0. The van der Waals surface area contributed by atoms with Crippen molar-refractivity contribution in [2.45, 2.75) is 354 Å². The molecule has 0 bridgehead atoms. The van der Waals surface area contributed by atoms with Crippen LogP contribution in [0.2, 0.25) is 0 Å². The lowest BCUT2D eigenvalue weighted by atomic mass is 10.0. The highest BCUT2D eigenvalue weighted by atomic mass is 31.2. The molecule has 2 atom stereocenters. The highest BCUT2D eigenvalue weighted by molar-refractivity contribution is 7.45. The molecule has 0 aliphatic heterocycles. The van der Waals surface area contributed by atoms with E-state index in [0.29, 0.717) is 17.4 Å². The number of phosphoric acid groups is 1. The van der Waals surface area contributed by atoms with Gasteiger partial charge < -0.3 is 27.9 Å². The van der Waals surface area contributed by atoms with Crippen LogP contribution in [0.5, 0.6) is 0 Å². The molecule has 0 N–H and O–H groups in total. The molecule has 0 aromatic carbocycles. The number of hydrogen-bond donors (Lipinski definition) is 0. The zero-order valence-electron chi connectivity index (χ0n) is 65.3. The maximum absolute atomic E-state index is 12.9. The summed E-state index contributed by atoms with van der Waals surface area (Å²) < 4.78 is 34.4. The second-order valence-electron chi connectivity index (χ2n) is 28.4. The molecule has 0 spiro atoms. The van der Waals surface area contributed by atoms with Crippen molar-refractivity contribution in [3.63, 3.8) is 0 Å². The molecule has 0 aliphatic carbocycles. The van der Waals surface area contributed by atoms with Crippen LogP contribution in [0.4, 0.5) is 0 Å². The molecule has 0 aromatic rings. The molecule has 9 nitrogen and oxygen atoms in total. The van der Waals surface area contributed by atoms with Gasteiger partial charge in [-0.1, -0.05) is 364 Å². The molecular formula is C90H154NO8P. The van der Waals surface area contributed by atoms with Gasteiger partial charge >= 0.3 is 11.9 Å². The number of carbonyl (C=O) groups excluding carboxylic acids is 2. The van der Waals surface area contributed by atoms with Gasteiger partial charge in [0.2, 0.25) is 0 Å². The van der Waals surface area contributed by atoms with E-state index >= 15 is 0 Å². The number of allylic oxidation sites excluding steroid dienone is 26. The molecule has 572 valence electrons.